The number of nitrogens with one attached hydrogen (secondary N) is 1. The molecule has 2 aliphatic heterocycles. The van der Waals surface area contributed by atoms with Crippen LogP contribution in [0, 0.1) is 0 Å². The molecule has 0 aliphatic carbocycles. The minimum Gasteiger partial charge on any atom is -0.486 e. The molecule has 1 atom stereocenters. The van der Waals surface area contributed by atoms with Crippen molar-refractivity contribution in [2.24, 2.45) is 0 Å². The molecule has 1 saturated heterocycles. The number of ether oxygens (including phenoxy) is 2. The lowest BCUT2D eigenvalue weighted by Crippen LogP contribution is -2.39. The fraction of sp³-hybridized carbons (Fsp3) is 0.533. The average molecular weight is 291 g/mol. The SMILES string of the molecule is CC(Nc1cc2c(cc1N)OCCO2)C(=O)N1CCCC1. The van der Waals surface area contributed by atoms with Crippen molar-refractivity contribution in [1.82, 2.24) is 4.90 Å². The number of carbonyl (C=O) groups is 1. The fourth-order valence-corrected chi connectivity index (χ4v) is 2.74. The number of benzene rings is 1. The van der Waals surface area contributed by atoms with E-state index in [-0.39, 0.29) is 11.9 Å². The van der Waals surface area contributed by atoms with Crippen LogP contribution in [0.4, 0.5) is 11.4 Å². The van der Waals surface area contributed by atoms with Gasteiger partial charge in [0, 0.05) is 25.2 Å². The number of likely N-dealkylation sites (tertiary alicyclic amines) is 1. The molecule has 21 heavy (non-hydrogen) atoms. The second kappa shape index (κ2) is 5.71. The van der Waals surface area contributed by atoms with Crippen LogP contribution >= 0.6 is 0 Å². The number of nitrogens with two attached hydrogens (primary N) is 1. The molecule has 1 amide bonds. The number of amides is 1. The second-order valence-electron chi connectivity index (χ2n) is 5.48. The first kappa shape index (κ1) is 13.9. The molecular weight excluding hydrogens is 270 g/mol. The van der Waals surface area contributed by atoms with E-state index < -0.39 is 0 Å². The summed E-state index contributed by atoms with van der Waals surface area (Å²) in [6, 6.07) is 3.23. The van der Waals surface area contributed by atoms with Gasteiger partial charge in [-0.05, 0) is 19.8 Å². The number of hydrogen-bond donors (Lipinski definition) is 2. The van der Waals surface area contributed by atoms with Crippen LogP contribution in [0.5, 0.6) is 11.5 Å². The molecule has 114 valence electrons. The summed E-state index contributed by atoms with van der Waals surface area (Å²) in [7, 11) is 0. The van der Waals surface area contributed by atoms with Gasteiger partial charge in [-0.3, -0.25) is 4.79 Å². The van der Waals surface area contributed by atoms with Crippen molar-refractivity contribution in [3.8, 4) is 11.5 Å². The van der Waals surface area contributed by atoms with Gasteiger partial charge < -0.3 is 25.4 Å². The fourth-order valence-electron chi connectivity index (χ4n) is 2.74. The zero-order valence-corrected chi connectivity index (χ0v) is 12.2. The third-order valence-electron chi connectivity index (χ3n) is 3.87. The normalized spacial score (nSPS) is 18.4. The summed E-state index contributed by atoms with van der Waals surface area (Å²) in [6.45, 7) is 4.61. The molecule has 0 spiro atoms. The Morgan fingerprint density at radius 1 is 1.24 bits per heavy atom. The van der Waals surface area contributed by atoms with Crippen molar-refractivity contribution in [3.05, 3.63) is 12.1 Å². The zero-order valence-electron chi connectivity index (χ0n) is 12.2. The molecule has 3 N–H and O–H groups in total. The number of fused-ring (bicyclic) bond motifs is 1. The van der Waals surface area contributed by atoms with E-state index in [1.165, 1.54) is 0 Å². The lowest BCUT2D eigenvalue weighted by Gasteiger charge is -2.24. The number of rotatable bonds is 3. The Labute approximate surface area is 124 Å². The van der Waals surface area contributed by atoms with Crippen LogP contribution in [0.2, 0.25) is 0 Å². The predicted octanol–water partition coefficient (Wildman–Crippen LogP) is 1.46. The van der Waals surface area contributed by atoms with Crippen LogP contribution in [-0.2, 0) is 4.79 Å². The quantitative estimate of drug-likeness (QED) is 0.825. The van der Waals surface area contributed by atoms with Gasteiger partial charge in [-0.2, -0.15) is 0 Å². The van der Waals surface area contributed by atoms with Gasteiger partial charge in [0.2, 0.25) is 5.91 Å². The van der Waals surface area contributed by atoms with Crippen LogP contribution in [0.3, 0.4) is 0 Å². The van der Waals surface area contributed by atoms with E-state index >= 15 is 0 Å². The minimum absolute atomic E-state index is 0.113. The van der Waals surface area contributed by atoms with Gasteiger partial charge in [-0.25, -0.2) is 0 Å². The first-order valence-corrected chi connectivity index (χ1v) is 7.39. The average Bonchev–Trinajstić information content (AvgIpc) is 3.01. The maximum atomic E-state index is 12.3. The smallest absolute Gasteiger partial charge is 0.244 e. The van der Waals surface area contributed by atoms with Gasteiger partial charge in [0.25, 0.3) is 0 Å². The van der Waals surface area contributed by atoms with E-state index in [2.05, 4.69) is 5.32 Å². The van der Waals surface area contributed by atoms with E-state index in [1.54, 1.807) is 12.1 Å². The Balaban J connectivity index is 1.73. The first-order valence-electron chi connectivity index (χ1n) is 7.39. The Hall–Kier alpha value is -2.11. The molecule has 3 rings (SSSR count). The van der Waals surface area contributed by atoms with E-state index in [0.717, 1.165) is 25.9 Å². The summed E-state index contributed by atoms with van der Waals surface area (Å²) < 4.78 is 11.0. The van der Waals surface area contributed by atoms with Crippen molar-refractivity contribution in [2.45, 2.75) is 25.8 Å². The molecule has 2 aliphatic rings. The van der Waals surface area contributed by atoms with Gasteiger partial charge >= 0.3 is 0 Å². The van der Waals surface area contributed by atoms with Gasteiger partial charge in [-0.1, -0.05) is 0 Å². The maximum Gasteiger partial charge on any atom is 0.244 e. The highest BCUT2D eigenvalue weighted by Gasteiger charge is 2.24. The van der Waals surface area contributed by atoms with E-state index in [0.29, 0.717) is 36.1 Å². The lowest BCUT2D eigenvalue weighted by molar-refractivity contribution is -0.130. The molecule has 2 heterocycles. The Kier molecular flexibility index (Phi) is 3.77. The molecule has 6 heteroatoms. The summed E-state index contributed by atoms with van der Waals surface area (Å²) in [5.41, 5.74) is 7.29. The van der Waals surface area contributed by atoms with Crippen molar-refractivity contribution in [3.63, 3.8) is 0 Å². The summed E-state index contributed by atoms with van der Waals surface area (Å²) in [6.07, 6.45) is 2.18. The Morgan fingerprint density at radius 3 is 2.52 bits per heavy atom. The molecular formula is C15H21N3O3. The van der Waals surface area contributed by atoms with Crippen molar-refractivity contribution >= 4 is 17.3 Å². The van der Waals surface area contributed by atoms with E-state index in [1.807, 2.05) is 11.8 Å². The molecule has 0 bridgehead atoms. The van der Waals surface area contributed by atoms with Gasteiger partial charge in [-0.15, -0.1) is 0 Å². The predicted molar refractivity (Wildman–Crippen MR) is 80.7 cm³/mol. The molecule has 1 aromatic carbocycles. The molecule has 0 radical (unpaired) electrons. The lowest BCUT2D eigenvalue weighted by atomic mass is 10.2. The maximum absolute atomic E-state index is 12.3. The molecule has 0 aromatic heterocycles. The standard InChI is InChI=1S/C15H21N3O3/c1-10(15(19)18-4-2-3-5-18)17-12-9-14-13(8-11(12)16)20-6-7-21-14/h8-10,17H,2-7,16H2,1H3. The third kappa shape index (κ3) is 2.84. The summed E-state index contributed by atoms with van der Waals surface area (Å²) in [5.74, 6) is 1.43. The summed E-state index contributed by atoms with van der Waals surface area (Å²) >= 11 is 0. The third-order valence-corrected chi connectivity index (χ3v) is 3.87. The van der Waals surface area contributed by atoms with Crippen LogP contribution < -0.4 is 20.5 Å². The second-order valence-corrected chi connectivity index (χ2v) is 5.48. The molecule has 0 saturated carbocycles. The monoisotopic (exact) mass is 291 g/mol. The van der Waals surface area contributed by atoms with Gasteiger partial charge in [0.05, 0.1) is 11.4 Å². The van der Waals surface area contributed by atoms with Crippen LogP contribution in [0.1, 0.15) is 19.8 Å². The molecule has 6 nitrogen and oxygen atoms in total. The van der Waals surface area contributed by atoms with Crippen molar-refractivity contribution < 1.29 is 14.3 Å². The first-order chi connectivity index (χ1) is 10.1. The number of carbonyl (C=O) groups excluding carboxylic acids is 1. The zero-order chi connectivity index (χ0) is 14.8. The Morgan fingerprint density at radius 2 is 1.86 bits per heavy atom. The van der Waals surface area contributed by atoms with E-state index in [4.69, 9.17) is 15.2 Å². The van der Waals surface area contributed by atoms with Gasteiger partial charge in [0.15, 0.2) is 11.5 Å². The largest absolute Gasteiger partial charge is 0.486 e. The highest BCUT2D eigenvalue weighted by Crippen LogP contribution is 2.37. The number of nitrogens with zero attached hydrogens (tertiary/aromatic N) is 1. The molecule has 1 unspecified atom stereocenters. The van der Waals surface area contributed by atoms with E-state index in [9.17, 15) is 4.79 Å². The van der Waals surface area contributed by atoms with Crippen LogP contribution in [0.25, 0.3) is 0 Å². The highest BCUT2D eigenvalue weighted by molar-refractivity contribution is 5.86. The summed E-state index contributed by atoms with van der Waals surface area (Å²) in [5, 5.41) is 3.19. The molecule has 1 fully saturated rings. The number of nitrogen functional groups attached to an aromatic ring is 1. The number of hydrogen-bond acceptors (Lipinski definition) is 5. The topological polar surface area (TPSA) is 76.8 Å². The number of anilines is 2. The van der Waals surface area contributed by atoms with Crippen molar-refractivity contribution in [1.29, 1.82) is 0 Å². The van der Waals surface area contributed by atoms with Crippen LogP contribution in [0.15, 0.2) is 12.1 Å². The Bertz CT molecular complexity index is 541. The molecule has 1 aromatic rings. The van der Waals surface area contributed by atoms with Crippen molar-refractivity contribution in [2.75, 3.05) is 37.4 Å². The summed E-state index contributed by atoms with van der Waals surface area (Å²) in [4.78, 5) is 14.2. The van der Waals surface area contributed by atoms with Gasteiger partial charge in [0.1, 0.15) is 19.3 Å². The highest BCUT2D eigenvalue weighted by atomic mass is 16.6. The minimum atomic E-state index is -0.312. The van der Waals surface area contributed by atoms with Crippen LogP contribution in [-0.4, -0.2) is 43.2 Å².